The summed E-state index contributed by atoms with van der Waals surface area (Å²) < 4.78 is 28.6. The van der Waals surface area contributed by atoms with Crippen molar-refractivity contribution in [2.45, 2.75) is 13.5 Å². The fourth-order valence-electron chi connectivity index (χ4n) is 2.34. The monoisotopic (exact) mass is 414 g/mol. The minimum Gasteiger partial charge on any atom is -0.389 e. The molecule has 0 aliphatic heterocycles. The Hall–Kier alpha value is -4.15. The standard InChI is InChI=1S/C19H16F2N6O3/c1-12(27-11-22-10-23-27)26-30-9-13-5-7-14(8-6-13)24-19(29)25-18(28)17-15(20)3-2-4-16(17)21/h2-8,10-11H,9H2,1H3,(H2,24,25,28,29)/b26-12-. The maximum Gasteiger partial charge on any atom is 0.326 e. The van der Waals surface area contributed by atoms with Gasteiger partial charge in [-0.25, -0.2) is 23.2 Å². The van der Waals surface area contributed by atoms with E-state index in [4.69, 9.17) is 4.84 Å². The number of amides is 3. The SMILES string of the molecule is C/C(=N/OCc1ccc(NC(=O)NC(=O)c2c(F)cccc2F)cc1)n1cncn1. The molecular weight excluding hydrogens is 398 g/mol. The van der Waals surface area contributed by atoms with Crippen molar-refractivity contribution in [3.63, 3.8) is 0 Å². The molecule has 0 aliphatic carbocycles. The van der Waals surface area contributed by atoms with E-state index in [1.165, 1.54) is 17.3 Å². The van der Waals surface area contributed by atoms with Crippen molar-refractivity contribution in [1.82, 2.24) is 20.1 Å². The number of anilines is 1. The zero-order valence-corrected chi connectivity index (χ0v) is 15.7. The van der Waals surface area contributed by atoms with Gasteiger partial charge in [0.15, 0.2) is 5.84 Å². The van der Waals surface area contributed by atoms with Gasteiger partial charge in [-0.1, -0.05) is 23.4 Å². The van der Waals surface area contributed by atoms with E-state index >= 15 is 0 Å². The van der Waals surface area contributed by atoms with Crippen LogP contribution in [0.2, 0.25) is 0 Å². The molecule has 0 saturated carbocycles. The van der Waals surface area contributed by atoms with Gasteiger partial charge < -0.3 is 10.2 Å². The number of carbonyl (C=O) groups is 2. The second-order valence-electron chi connectivity index (χ2n) is 5.95. The molecule has 2 aromatic carbocycles. The first-order chi connectivity index (χ1) is 14.4. The maximum absolute atomic E-state index is 13.6. The lowest BCUT2D eigenvalue weighted by molar-refractivity contribution is 0.0959. The average Bonchev–Trinajstić information content (AvgIpc) is 3.24. The molecular formula is C19H16F2N6O3. The molecule has 0 atom stereocenters. The minimum atomic E-state index is -1.19. The van der Waals surface area contributed by atoms with Gasteiger partial charge in [0.05, 0.1) is 0 Å². The van der Waals surface area contributed by atoms with E-state index in [2.05, 4.69) is 20.6 Å². The van der Waals surface area contributed by atoms with Crippen LogP contribution >= 0.6 is 0 Å². The third-order valence-electron chi connectivity index (χ3n) is 3.81. The van der Waals surface area contributed by atoms with Gasteiger partial charge in [-0.2, -0.15) is 5.10 Å². The molecule has 3 rings (SSSR count). The summed E-state index contributed by atoms with van der Waals surface area (Å²) in [4.78, 5) is 32.9. The van der Waals surface area contributed by atoms with Gasteiger partial charge in [0.25, 0.3) is 5.91 Å². The van der Waals surface area contributed by atoms with E-state index < -0.39 is 29.1 Å². The van der Waals surface area contributed by atoms with Crippen LogP contribution in [-0.2, 0) is 11.4 Å². The van der Waals surface area contributed by atoms with Gasteiger partial charge in [-0.3, -0.25) is 10.1 Å². The fraction of sp³-hybridized carbons (Fsp3) is 0.105. The molecule has 2 N–H and O–H groups in total. The quantitative estimate of drug-likeness (QED) is 0.379. The molecule has 11 heteroatoms. The number of hydrogen-bond acceptors (Lipinski definition) is 6. The number of carbonyl (C=O) groups excluding carboxylic acids is 2. The predicted octanol–water partition coefficient (Wildman–Crippen LogP) is 2.92. The molecule has 0 saturated heterocycles. The number of rotatable bonds is 5. The van der Waals surface area contributed by atoms with Gasteiger partial charge in [-0.05, 0) is 36.8 Å². The third-order valence-corrected chi connectivity index (χ3v) is 3.81. The molecule has 0 radical (unpaired) electrons. The molecule has 1 heterocycles. The number of aromatic nitrogens is 3. The molecule has 0 aliphatic rings. The van der Waals surface area contributed by atoms with Crippen molar-refractivity contribution < 1.29 is 23.2 Å². The van der Waals surface area contributed by atoms with E-state index in [1.54, 1.807) is 31.2 Å². The molecule has 3 amide bonds. The van der Waals surface area contributed by atoms with Crippen LogP contribution in [0.3, 0.4) is 0 Å². The molecule has 154 valence electrons. The highest BCUT2D eigenvalue weighted by molar-refractivity contribution is 6.08. The summed E-state index contributed by atoms with van der Waals surface area (Å²) in [6.07, 6.45) is 2.86. The van der Waals surface area contributed by atoms with Crippen LogP contribution < -0.4 is 10.6 Å². The Morgan fingerprint density at radius 1 is 1.13 bits per heavy atom. The molecule has 9 nitrogen and oxygen atoms in total. The lowest BCUT2D eigenvalue weighted by Gasteiger charge is -2.08. The third kappa shape index (κ3) is 5.22. The predicted molar refractivity (Wildman–Crippen MR) is 103 cm³/mol. The van der Waals surface area contributed by atoms with Crippen LogP contribution in [-0.4, -0.2) is 32.5 Å². The van der Waals surface area contributed by atoms with Gasteiger partial charge in [-0.15, -0.1) is 0 Å². The van der Waals surface area contributed by atoms with Gasteiger partial charge in [0.2, 0.25) is 0 Å². The second kappa shape index (κ2) is 9.37. The summed E-state index contributed by atoms with van der Waals surface area (Å²) in [6.45, 7) is 1.87. The number of nitrogens with one attached hydrogen (secondary N) is 2. The Labute approximate surface area is 169 Å². The van der Waals surface area contributed by atoms with Crippen LogP contribution in [0.25, 0.3) is 0 Å². The Bertz CT molecular complexity index is 1050. The molecule has 3 aromatic rings. The average molecular weight is 414 g/mol. The highest BCUT2D eigenvalue weighted by atomic mass is 19.1. The number of nitrogens with zero attached hydrogens (tertiary/aromatic N) is 4. The van der Waals surface area contributed by atoms with Crippen LogP contribution in [0.5, 0.6) is 0 Å². The van der Waals surface area contributed by atoms with E-state index in [0.29, 0.717) is 11.5 Å². The summed E-state index contributed by atoms with van der Waals surface area (Å²) in [5.41, 5.74) is 0.294. The zero-order valence-electron chi connectivity index (χ0n) is 15.7. The molecule has 0 bridgehead atoms. The lowest BCUT2D eigenvalue weighted by atomic mass is 10.2. The van der Waals surface area contributed by atoms with E-state index in [-0.39, 0.29) is 6.61 Å². The first kappa shape index (κ1) is 20.6. The summed E-state index contributed by atoms with van der Waals surface area (Å²) in [5, 5.41) is 12.1. The molecule has 1 aromatic heterocycles. The lowest BCUT2D eigenvalue weighted by Crippen LogP contribution is -2.35. The van der Waals surface area contributed by atoms with E-state index in [9.17, 15) is 18.4 Å². The largest absolute Gasteiger partial charge is 0.389 e. The fourth-order valence-corrected chi connectivity index (χ4v) is 2.34. The smallest absolute Gasteiger partial charge is 0.326 e. The molecule has 0 spiro atoms. The van der Waals surface area contributed by atoms with Crippen LogP contribution in [0.4, 0.5) is 19.3 Å². The molecule has 0 unspecified atom stereocenters. The number of halogens is 2. The van der Waals surface area contributed by atoms with Crippen LogP contribution in [0.15, 0.2) is 60.3 Å². The summed E-state index contributed by atoms with van der Waals surface area (Å²) in [6, 6.07) is 8.53. The topological polar surface area (TPSA) is 110 Å². The Morgan fingerprint density at radius 3 is 2.47 bits per heavy atom. The Balaban J connectivity index is 1.52. The van der Waals surface area contributed by atoms with Crippen molar-refractivity contribution in [3.05, 3.63) is 77.9 Å². The maximum atomic E-state index is 13.6. The van der Waals surface area contributed by atoms with Crippen molar-refractivity contribution in [2.75, 3.05) is 5.32 Å². The first-order valence-electron chi connectivity index (χ1n) is 8.61. The van der Waals surface area contributed by atoms with Gasteiger partial charge >= 0.3 is 6.03 Å². The van der Waals surface area contributed by atoms with Crippen LogP contribution in [0, 0.1) is 11.6 Å². The Kier molecular flexibility index (Phi) is 6.42. The van der Waals surface area contributed by atoms with Crippen molar-refractivity contribution in [3.8, 4) is 0 Å². The van der Waals surface area contributed by atoms with Crippen LogP contribution in [0.1, 0.15) is 22.8 Å². The van der Waals surface area contributed by atoms with E-state index in [0.717, 1.165) is 23.8 Å². The van der Waals surface area contributed by atoms with Crippen molar-refractivity contribution >= 4 is 23.5 Å². The van der Waals surface area contributed by atoms with Gasteiger partial charge in [0, 0.05) is 5.69 Å². The summed E-state index contributed by atoms with van der Waals surface area (Å²) in [5.74, 6) is -2.81. The Morgan fingerprint density at radius 2 is 1.83 bits per heavy atom. The highest BCUT2D eigenvalue weighted by Gasteiger charge is 2.19. The summed E-state index contributed by atoms with van der Waals surface area (Å²) in [7, 11) is 0. The molecule has 0 fully saturated rings. The number of hydrogen-bond donors (Lipinski definition) is 2. The number of oxime groups is 1. The van der Waals surface area contributed by atoms with Crippen molar-refractivity contribution in [2.24, 2.45) is 5.16 Å². The first-order valence-corrected chi connectivity index (χ1v) is 8.61. The molecule has 30 heavy (non-hydrogen) atoms. The van der Waals surface area contributed by atoms with E-state index in [1.807, 2.05) is 5.32 Å². The second-order valence-corrected chi connectivity index (χ2v) is 5.95. The van der Waals surface area contributed by atoms with Crippen molar-refractivity contribution in [1.29, 1.82) is 0 Å². The highest BCUT2D eigenvalue weighted by Crippen LogP contribution is 2.13. The number of benzene rings is 2. The normalized spacial score (nSPS) is 11.1. The van der Waals surface area contributed by atoms with Gasteiger partial charge in [0.1, 0.15) is 36.5 Å². The minimum absolute atomic E-state index is 0.170. The summed E-state index contributed by atoms with van der Waals surface area (Å²) >= 11 is 0. The number of imide groups is 1. The zero-order chi connectivity index (χ0) is 21.5. The number of urea groups is 1.